The summed E-state index contributed by atoms with van der Waals surface area (Å²) < 4.78 is 52.0. The number of halogens is 4. The fraction of sp³-hybridized carbons (Fsp3) is 0.444. The van der Waals surface area contributed by atoms with Gasteiger partial charge < -0.3 is 0 Å². The second-order valence-corrected chi connectivity index (χ2v) is 6.71. The van der Waals surface area contributed by atoms with Crippen LogP contribution in [-0.2, 0) is 17.5 Å². The smallest absolute Gasteiger partial charge is 0.298 e. The molecule has 0 fully saturated rings. The van der Waals surface area contributed by atoms with Gasteiger partial charge in [0.05, 0.1) is 11.3 Å². The third-order valence-corrected chi connectivity index (χ3v) is 4.13. The largest absolute Gasteiger partial charge is 0.416 e. The van der Waals surface area contributed by atoms with Crippen molar-refractivity contribution in [1.29, 1.82) is 0 Å². The lowest BCUT2D eigenvalue weighted by Gasteiger charge is -2.38. The zero-order valence-corrected chi connectivity index (χ0v) is 14.3. The zero-order valence-electron chi connectivity index (χ0n) is 14.3. The van der Waals surface area contributed by atoms with Crippen LogP contribution in [0.15, 0.2) is 34.5 Å². The number of nitrogens with zero attached hydrogens (tertiary/aromatic N) is 2. The van der Waals surface area contributed by atoms with E-state index in [-0.39, 0.29) is 18.7 Å². The Kier molecular flexibility index (Phi) is 5.46. The van der Waals surface area contributed by atoms with Crippen molar-refractivity contribution < 1.29 is 22.4 Å². The monoisotopic (exact) mass is 356 g/mol. The summed E-state index contributed by atoms with van der Waals surface area (Å²) in [5, 5.41) is 0. The first-order chi connectivity index (χ1) is 11.6. The van der Waals surface area contributed by atoms with Crippen molar-refractivity contribution in [2.45, 2.75) is 33.5 Å². The van der Waals surface area contributed by atoms with Gasteiger partial charge in [-0.2, -0.15) is 13.2 Å². The number of alkyl halides is 3. The Balaban J connectivity index is 2.26. The number of carbonyl (C=O) groups excluding carboxylic acids is 1. The van der Waals surface area contributed by atoms with Crippen LogP contribution in [-0.4, -0.2) is 30.5 Å². The molecule has 0 aromatic heterocycles. The maximum atomic E-state index is 14.1. The Bertz CT molecular complexity index is 720. The van der Waals surface area contributed by atoms with E-state index < -0.39 is 23.0 Å². The predicted molar refractivity (Wildman–Crippen MR) is 87.7 cm³/mol. The van der Waals surface area contributed by atoms with Gasteiger partial charge in [-0.1, -0.05) is 19.9 Å². The van der Waals surface area contributed by atoms with Gasteiger partial charge in [0.25, 0.3) is 0 Å². The van der Waals surface area contributed by atoms with E-state index in [0.717, 1.165) is 18.4 Å². The fourth-order valence-electron chi connectivity index (χ4n) is 3.12. The Morgan fingerprint density at radius 2 is 2.00 bits per heavy atom. The Morgan fingerprint density at radius 1 is 1.32 bits per heavy atom. The number of benzene rings is 1. The average Bonchev–Trinajstić information content (AvgIpc) is 2.50. The molecule has 1 aromatic carbocycles. The molecular weight excluding hydrogens is 336 g/mol. The zero-order chi connectivity index (χ0) is 18.8. The minimum Gasteiger partial charge on any atom is -0.298 e. The summed E-state index contributed by atoms with van der Waals surface area (Å²) in [6.45, 7) is 6.52. The van der Waals surface area contributed by atoms with Gasteiger partial charge in [0.15, 0.2) is 0 Å². The second-order valence-electron chi connectivity index (χ2n) is 6.71. The SMILES string of the molecule is CC=NC1=C(C=O)CN(Cc2ccc(C(F)(F)F)cc2F)CC1(C)C. The van der Waals surface area contributed by atoms with Crippen molar-refractivity contribution in [3.8, 4) is 0 Å². The van der Waals surface area contributed by atoms with E-state index in [1.807, 2.05) is 18.7 Å². The molecule has 1 aliphatic rings. The van der Waals surface area contributed by atoms with Crippen LogP contribution in [0.5, 0.6) is 0 Å². The minimum absolute atomic E-state index is 0.119. The predicted octanol–water partition coefficient (Wildman–Crippen LogP) is 4.23. The molecule has 0 bridgehead atoms. The number of aldehydes is 1. The van der Waals surface area contributed by atoms with E-state index in [1.54, 1.807) is 13.1 Å². The minimum atomic E-state index is -4.58. The lowest BCUT2D eigenvalue weighted by molar-refractivity contribution is -0.137. The van der Waals surface area contributed by atoms with Gasteiger partial charge in [-0.3, -0.25) is 14.7 Å². The van der Waals surface area contributed by atoms with Crippen LogP contribution in [0.2, 0.25) is 0 Å². The van der Waals surface area contributed by atoms with E-state index in [0.29, 0.717) is 23.9 Å². The maximum absolute atomic E-state index is 14.1. The van der Waals surface area contributed by atoms with Crippen LogP contribution < -0.4 is 0 Å². The van der Waals surface area contributed by atoms with E-state index in [4.69, 9.17) is 0 Å². The molecule has 0 atom stereocenters. The molecule has 0 unspecified atom stereocenters. The van der Waals surface area contributed by atoms with Crippen LogP contribution in [0.3, 0.4) is 0 Å². The first kappa shape index (κ1) is 19.3. The molecule has 1 aromatic rings. The van der Waals surface area contributed by atoms with Crippen molar-refractivity contribution in [2.24, 2.45) is 10.4 Å². The van der Waals surface area contributed by atoms with Crippen LogP contribution in [0.25, 0.3) is 0 Å². The fourth-order valence-corrected chi connectivity index (χ4v) is 3.12. The molecular formula is C18H20F4N2O. The van der Waals surface area contributed by atoms with Gasteiger partial charge in [0.1, 0.15) is 12.1 Å². The molecule has 0 amide bonds. The molecule has 0 saturated heterocycles. The Labute approximate surface area is 144 Å². The van der Waals surface area contributed by atoms with Gasteiger partial charge in [0.2, 0.25) is 0 Å². The summed E-state index contributed by atoms with van der Waals surface area (Å²) in [5.74, 6) is -0.901. The average molecular weight is 356 g/mol. The molecule has 0 aliphatic carbocycles. The Morgan fingerprint density at radius 3 is 2.52 bits per heavy atom. The van der Waals surface area contributed by atoms with Crippen molar-refractivity contribution in [1.82, 2.24) is 4.90 Å². The third-order valence-electron chi connectivity index (χ3n) is 4.13. The maximum Gasteiger partial charge on any atom is 0.416 e. The molecule has 0 spiro atoms. The van der Waals surface area contributed by atoms with Gasteiger partial charge >= 0.3 is 6.18 Å². The third kappa shape index (κ3) is 4.34. The highest BCUT2D eigenvalue weighted by Crippen LogP contribution is 2.36. The first-order valence-electron chi connectivity index (χ1n) is 7.84. The quantitative estimate of drug-likeness (QED) is 0.459. The molecule has 0 saturated carbocycles. The normalized spacial score (nSPS) is 18.8. The molecule has 0 N–H and O–H groups in total. The van der Waals surface area contributed by atoms with Gasteiger partial charge in [-0.15, -0.1) is 0 Å². The van der Waals surface area contributed by atoms with Crippen molar-refractivity contribution in [3.63, 3.8) is 0 Å². The highest BCUT2D eigenvalue weighted by atomic mass is 19.4. The van der Waals surface area contributed by atoms with Crippen LogP contribution in [0, 0.1) is 11.2 Å². The van der Waals surface area contributed by atoms with Gasteiger partial charge in [-0.05, 0) is 19.1 Å². The summed E-state index contributed by atoms with van der Waals surface area (Å²) in [6, 6.07) is 2.53. The topological polar surface area (TPSA) is 32.7 Å². The van der Waals surface area contributed by atoms with Crippen molar-refractivity contribution >= 4 is 12.5 Å². The molecule has 2 rings (SSSR count). The van der Waals surface area contributed by atoms with Gasteiger partial charge in [-0.25, -0.2) is 4.39 Å². The lowest BCUT2D eigenvalue weighted by Crippen LogP contribution is -2.41. The van der Waals surface area contributed by atoms with Crippen molar-refractivity contribution in [2.75, 3.05) is 13.1 Å². The van der Waals surface area contributed by atoms with Crippen LogP contribution in [0.1, 0.15) is 31.9 Å². The van der Waals surface area contributed by atoms with E-state index in [2.05, 4.69) is 4.99 Å². The molecule has 25 heavy (non-hydrogen) atoms. The Hall–Kier alpha value is -2.02. The van der Waals surface area contributed by atoms with Crippen molar-refractivity contribution in [3.05, 3.63) is 46.4 Å². The molecule has 1 heterocycles. The van der Waals surface area contributed by atoms with Gasteiger partial charge in [0, 0.05) is 42.4 Å². The summed E-state index contributed by atoms with van der Waals surface area (Å²) in [5.41, 5.74) is -0.0864. The van der Waals surface area contributed by atoms with E-state index in [9.17, 15) is 22.4 Å². The van der Waals surface area contributed by atoms with Crippen LogP contribution in [0.4, 0.5) is 17.6 Å². The molecule has 0 radical (unpaired) electrons. The molecule has 136 valence electrons. The summed E-state index contributed by atoms with van der Waals surface area (Å²) in [6.07, 6.45) is -2.22. The number of hydrogen-bond donors (Lipinski definition) is 0. The number of hydrogen-bond acceptors (Lipinski definition) is 3. The molecule has 3 nitrogen and oxygen atoms in total. The summed E-state index contributed by atoms with van der Waals surface area (Å²) >= 11 is 0. The number of carbonyl (C=O) groups is 1. The standard InChI is InChI=1S/C18H20F4N2O/c1-4-23-16-13(10-25)9-24(11-17(16,2)3)8-12-5-6-14(7-15(12)19)18(20,21)22/h4-7,10H,8-9,11H2,1-3H3. The van der Waals surface area contributed by atoms with Crippen LogP contribution >= 0.6 is 0 Å². The lowest BCUT2D eigenvalue weighted by atomic mass is 9.82. The second kappa shape index (κ2) is 7.07. The highest BCUT2D eigenvalue weighted by Gasteiger charge is 2.35. The molecule has 1 aliphatic heterocycles. The van der Waals surface area contributed by atoms with E-state index >= 15 is 0 Å². The summed E-state index contributed by atoms with van der Waals surface area (Å²) in [4.78, 5) is 17.5. The summed E-state index contributed by atoms with van der Waals surface area (Å²) in [7, 11) is 0. The molecule has 7 heteroatoms. The highest BCUT2D eigenvalue weighted by molar-refractivity contribution is 5.77. The first-order valence-corrected chi connectivity index (χ1v) is 7.84. The number of rotatable bonds is 4. The van der Waals surface area contributed by atoms with E-state index in [1.165, 1.54) is 0 Å². The number of aliphatic imine (C=N–C) groups is 1.